The predicted octanol–water partition coefficient (Wildman–Crippen LogP) is 22.7. The van der Waals surface area contributed by atoms with E-state index >= 15 is 0 Å². The summed E-state index contributed by atoms with van der Waals surface area (Å²) in [6.07, 6.45) is 6.92. The molecule has 18 aromatic rings. The van der Waals surface area contributed by atoms with Gasteiger partial charge in [0.2, 0.25) is 0 Å². The molecule has 0 saturated carbocycles. The number of nitrogens with zero attached hydrogens (tertiary/aromatic N) is 2. The number of fused-ring (bicyclic) bond motifs is 8. The molecule has 0 aliphatic heterocycles. The lowest BCUT2D eigenvalue weighted by Crippen LogP contribution is -2.32. The maximum absolute atomic E-state index is 9.18. The minimum absolute atomic E-state index is 0.406. The van der Waals surface area contributed by atoms with E-state index in [0.29, 0.717) is 11.0 Å². The topological polar surface area (TPSA) is 66.2 Å². The smallest absolute Gasteiger partial charge is 0.423 e. The van der Waals surface area contributed by atoms with Crippen LogP contribution in [0.2, 0.25) is 0 Å². The van der Waals surface area contributed by atoms with E-state index in [1.165, 1.54) is 131 Å². The number of halogens is 1. The Labute approximate surface area is 589 Å². The molecule has 2 N–H and O–H groups in total. The summed E-state index contributed by atoms with van der Waals surface area (Å²) < 4.78 is 1.09. The van der Waals surface area contributed by atoms with Crippen LogP contribution in [0.25, 0.3) is 142 Å². The van der Waals surface area contributed by atoms with Gasteiger partial charge in [-0.25, -0.2) is 0 Å². The molecule has 18 rings (SSSR count). The first-order valence-corrected chi connectivity index (χ1v) is 34.1. The summed E-state index contributed by atoms with van der Waals surface area (Å²) in [6, 6.07) is 116. The highest BCUT2D eigenvalue weighted by Gasteiger charge is 2.21. The highest BCUT2D eigenvalue weighted by molar-refractivity contribution is 9.10. The lowest BCUT2D eigenvalue weighted by molar-refractivity contribution is 0.425. The monoisotopic (exact) mass is 1340 g/mol. The van der Waals surface area contributed by atoms with Gasteiger partial charge in [0.1, 0.15) is 0 Å². The van der Waals surface area contributed by atoms with Crippen LogP contribution < -0.4 is 5.46 Å². The molecule has 468 valence electrons. The Morgan fingerprint density at radius 2 is 0.600 bits per heavy atom. The Balaban J connectivity index is 0.000000130. The fraction of sp³-hybridized carbons (Fsp3) is 0. The Morgan fingerprint density at radius 3 is 1.03 bits per heavy atom. The highest BCUT2D eigenvalue weighted by Crippen LogP contribution is 2.48. The van der Waals surface area contributed by atoms with E-state index in [1.54, 1.807) is 55.1 Å². The predicted molar refractivity (Wildman–Crippen MR) is 425 cm³/mol. The summed E-state index contributed by atoms with van der Waals surface area (Å²) in [5, 5.41) is 38.4. The van der Waals surface area contributed by atoms with Crippen molar-refractivity contribution >= 4 is 115 Å². The van der Waals surface area contributed by atoms with Crippen LogP contribution in [-0.2, 0) is 0 Å². The molecule has 2 heterocycles. The number of pyridine rings is 2. The van der Waals surface area contributed by atoms with Gasteiger partial charge in [0.15, 0.2) is 0 Å². The normalized spacial score (nSPS) is 11.0. The fourth-order valence-corrected chi connectivity index (χ4v) is 14.3. The minimum Gasteiger partial charge on any atom is -0.423 e. The van der Waals surface area contributed by atoms with Crippen LogP contribution in [0.1, 0.15) is 22.3 Å². The second kappa shape index (κ2) is 27.9. The van der Waals surface area contributed by atoms with Gasteiger partial charge in [-0.15, -0.1) is 0 Å². The van der Waals surface area contributed by atoms with E-state index in [2.05, 4.69) is 329 Å². The molecule has 0 aliphatic rings. The van der Waals surface area contributed by atoms with E-state index in [9.17, 15) is 10.0 Å². The molecule has 0 bridgehead atoms. The van der Waals surface area contributed by atoms with Gasteiger partial charge in [-0.3, -0.25) is 9.97 Å². The van der Waals surface area contributed by atoms with Crippen LogP contribution in [-0.4, -0.2) is 27.1 Å². The van der Waals surface area contributed by atoms with Gasteiger partial charge in [-0.05, 0) is 226 Å². The molecule has 0 aliphatic carbocycles. The first kappa shape index (κ1) is 62.3. The third-order valence-corrected chi connectivity index (χ3v) is 19.1. The van der Waals surface area contributed by atoms with E-state index < -0.39 is 7.12 Å². The standard InChI is InChI=1S/C47H29N.C34H21Br.C13H10BNO2/c1-3-14-36-28-39(23-21-33(36)11-1)46-42-17-7-8-18-43(42)47(40-24-22-34-12-2-4-15-37(34)29-40)45-30-38(25-26-44(45)46)41-16-6-5-13-35(41)20-19-32-10-9-27-48-31-32;35-28-17-18-31-32(21-28)34(27-16-14-23-8-2-4-10-25(23)20-27)30-12-6-5-11-29(30)33(31)26-15-13-22-7-1-3-9-24(22)19-26;16-14(17)13-6-2-1-5-12(13)8-7-11-4-3-9-15-10-11/h1-18,21-31H;1-21H;1-6,9-10,16-17H. The summed E-state index contributed by atoms with van der Waals surface area (Å²) in [4.78, 5) is 8.19. The third-order valence-electron chi connectivity index (χ3n) is 18.6. The SMILES string of the molecule is Brc1ccc2c(-c3ccc4ccccc4c3)c3ccccc3c(-c3ccc4ccccc4c3)c2c1.C(#Cc1ccccc1-c1ccc2c(-c3ccc4ccccc4c3)c3ccccc3c(-c3ccc4ccccc4c3)c2c1)c1cccnc1.OB(O)c1ccccc1C#Cc1cccnc1. The maximum Gasteiger partial charge on any atom is 0.489 e. The van der Waals surface area contributed by atoms with Crippen molar-refractivity contribution in [1.29, 1.82) is 0 Å². The van der Waals surface area contributed by atoms with Crippen molar-refractivity contribution in [3.8, 4) is 79.3 Å². The number of aromatic nitrogens is 2. The van der Waals surface area contributed by atoms with E-state index in [4.69, 9.17) is 0 Å². The van der Waals surface area contributed by atoms with Crippen molar-refractivity contribution in [2.75, 3.05) is 0 Å². The molecule has 2 aromatic heterocycles. The van der Waals surface area contributed by atoms with Crippen molar-refractivity contribution in [1.82, 2.24) is 9.97 Å². The van der Waals surface area contributed by atoms with Crippen molar-refractivity contribution < 1.29 is 10.0 Å². The van der Waals surface area contributed by atoms with E-state index in [0.717, 1.165) is 32.3 Å². The molecule has 0 atom stereocenters. The van der Waals surface area contributed by atoms with Crippen molar-refractivity contribution in [3.05, 3.63) is 379 Å². The molecule has 16 aromatic carbocycles. The summed E-state index contributed by atoms with van der Waals surface area (Å²) in [5.74, 6) is 12.6. The summed E-state index contributed by atoms with van der Waals surface area (Å²) >= 11 is 3.76. The van der Waals surface area contributed by atoms with Gasteiger partial charge in [0.05, 0.1) is 0 Å². The van der Waals surface area contributed by atoms with Gasteiger partial charge in [0.25, 0.3) is 0 Å². The molecule has 0 amide bonds. The molecule has 100 heavy (non-hydrogen) atoms. The quantitative estimate of drug-likeness (QED) is 0.0989. The molecule has 0 radical (unpaired) electrons. The van der Waals surface area contributed by atoms with Crippen molar-refractivity contribution in [2.45, 2.75) is 0 Å². The molecular weight excluding hydrogens is 1280 g/mol. The van der Waals surface area contributed by atoms with Crippen molar-refractivity contribution in [2.24, 2.45) is 0 Å². The minimum atomic E-state index is -1.51. The Kier molecular flexibility index (Phi) is 17.4. The average Bonchev–Trinajstić information content (AvgIpc) is 0.734. The molecule has 0 fully saturated rings. The molecule has 0 spiro atoms. The summed E-state index contributed by atoms with van der Waals surface area (Å²) in [5.41, 5.74) is 15.9. The number of hydrogen-bond acceptors (Lipinski definition) is 4. The van der Waals surface area contributed by atoms with Gasteiger partial charge in [0, 0.05) is 51.5 Å². The van der Waals surface area contributed by atoms with Gasteiger partial charge in [-0.1, -0.05) is 288 Å². The van der Waals surface area contributed by atoms with Gasteiger partial charge < -0.3 is 10.0 Å². The van der Waals surface area contributed by atoms with Crippen LogP contribution >= 0.6 is 15.9 Å². The molecule has 0 saturated heterocycles. The number of benzene rings is 16. The summed E-state index contributed by atoms with van der Waals surface area (Å²) in [7, 11) is -1.51. The van der Waals surface area contributed by atoms with Gasteiger partial charge >= 0.3 is 7.12 Å². The zero-order valence-electron chi connectivity index (χ0n) is 54.2. The van der Waals surface area contributed by atoms with Gasteiger partial charge in [-0.2, -0.15) is 0 Å². The average molecular weight is 1340 g/mol. The van der Waals surface area contributed by atoms with Crippen LogP contribution in [0, 0.1) is 23.7 Å². The lowest BCUT2D eigenvalue weighted by Gasteiger charge is -2.19. The zero-order chi connectivity index (χ0) is 67.3. The summed E-state index contributed by atoms with van der Waals surface area (Å²) in [6.45, 7) is 0. The molecule has 6 heteroatoms. The van der Waals surface area contributed by atoms with Crippen molar-refractivity contribution in [3.63, 3.8) is 0 Å². The largest absolute Gasteiger partial charge is 0.489 e. The van der Waals surface area contributed by atoms with E-state index in [1.807, 2.05) is 18.2 Å². The zero-order valence-corrected chi connectivity index (χ0v) is 55.8. The molecule has 4 nitrogen and oxygen atoms in total. The molecule has 0 unspecified atom stereocenters. The second-order valence-corrected chi connectivity index (χ2v) is 25.7. The van der Waals surface area contributed by atoms with Crippen LogP contribution in [0.3, 0.4) is 0 Å². The van der Waals surface area contributed by atoms with Crippen LogP contribution in [0.5, 0.6) is 0 Å². The van der Waals surface area contributed by atoms with Crippen LogP contribution in [0.4, 0.5) is 0 Å². The molecular formula is C94H60BBrN2O2. The Bertz CT molecular complexity index is 6310. The Morgan fingerprint density at radius 1 is 0.260 bits per heavy atom. The maximum atomic E-state index is 9.18. The first-order valence-electron chi connectivity index (χ1n) is 33.3. The second-order valence-electron chi connectivity index (χ2n) is 24.8. The third kappa shape index (κ3) is 12.7. The first-order chi connectivity index (χ1) is 49.3. The van der Waals surface area contributed by atoms with E-state index in [-0.39, 0.29) is 0 Å². The highest BCUT2D eigenvalue weighted by atomic mass is 79.9. The Hall–Kier alpha value is -12.5. The lowest BCUT2D eigenvalue weighted by atomic mass is 9.77. The number of hydrogen-bond donors (Lipinski definition) is 2. The fourth-order valence-electron chi connectivity index (χ4n) is 14.0. The number of rotatable bonds is 6. The van der Waals surface area contributed by atoms with Crippen LogP contribution in [0.15, 0.2) is 357 Å².